The van der Waals surface area contributed by atoms with Crippen LogP contribution in [0.1, 0.15) is 22.2 Å². The molecule has 0 atom stereocenters. The molecule has 0 spiro atoms. The lowest BCUT2D eigenvalue weighted by molar-refractivity contribution is 0.0528. The first-order valence-electron chi connectivity index (χ1n) is 8.33. The van der Waals surface area contributed by atoms with Crippen molar-refractivity contribution in [2.45, 2.75) is 18.2 Å². The number of hydrogen-bond acceptors (Lipinski definition) is 5. The molecule has 2 aromatic carbocycles. The van der Waals surface area contributed by atoms with Crippen LogP contribution < -0.4 is 4.31 Å². The summed E-state index contributed by atoms with van der Waals surface area (Å²) in [6.45, 7) is 2.27. The Balaban J connectivity index is 1.93. The Morgan fingerprint density at radius 2 is 1.88 bits per heavy atom. The largest absolute Gasteiger partial charge is 0.462 e. The maximum absolute atomic E-state index is 13.5. The minimum absolute atomic E-state index is 0.0493. The highest BCUT2D eigenvalue weighted by Crippen LogP contribution is 2.40. The fraction of sp³-hybridized carbons (Fsp3) is 0.211. The molecule has 0 amide bonds. The number of carbonyl (C=O) groups excluding carboxylic acids is 1. The Morgan fingerprint density at radius 3 is 2.69 bits per heavy atom. The van der Waals surface area contributed by atoms with Gasteiger partial charge in [-0.2, -0.15) is 0 Å². The van der Waals surface area contributed by atoms with Gasteiger partial charge in [0.25, 0.3) is 10.0 Å². The lowest BCUT2D eigenvalue weighted by Crippen LogP contribution is -2.30. The number of benzene rings is 2. The molecule has 0 aliphatic carbocycles. The van der Waals surface area contributed by atoms with Gasteiger partial charge in [-0.05, 0) is 31.0 Å². The van der Waals surface area contributed by atoms with Gasteiger partial charge >= 0.3 is 5.97 Å². The first kappa shape index (κ1) is 17.1. The van der Waals surface area contributed by atoms with Gasteiger partial charge in [-0.25, -0.2) is 13.2 Å². The highest BCUT2D eigenvalue weighted by atomic mass is 32.2. The van der Waals surface area contributed by atoms with Crippen molar-refractivity contribution >= 4 is 43.1 Å². The van der Waals surface area contributed by atoms with E-state index in [4.69, 9.17) is 4.74 Å². The Hall–Kier alpha value is -2.38. The highest BCUT2D eigenvalue weighted by molar-refractivity contribution is 7.93. The van der Waals surface area contributed by atoms with E-state index >= 15 is 0 Å². The lowest BCUT2D eigenvalue weighted by atomic mass is 10.2. The van der Waals surface area contributed by atoms with Crippen LogP contribution in [0.5, 0.6) is 0 Å². The van der Waals surface area contributed by atoms with Gasteiger partial charge in [0.1, 0.15) is 9.77 Å². The number of ether oxygens (including phenoxy) is 1. The predicted molar refractivity (Wildman–Crippen MR) is 102 cm³/mol. The van der Waals surface area contributed by atoms with E-state index in [-0.39, 0.29) is 16.4 Å². The molecular weight excluding hydrogens is 370 g/mol. The number of hydrogen-bond donors (Lipinski definition) is 0. The van der Waals surface area contributed by atoms with Crippen molar-refractivity contribution in [3.63, 3.8) is 0 Å². The van der Waals surface area contributed by atoms with Crippen molar-refractivity contribution in [2.75, 3.05) is 17.5 Å². The molecule has 7 heteroatoms. The van der Waals surface area contributed by atoms with Crippen molar-refractivity contribution in [2.24, 2.45) is 0 Å². The molecule has 134 valence electrons. The van der Waals surface area contributed by atoms with Crippen LogP contribution in [0.4, 0.5) is 5.69 Å². The summed E-state index contributed by atoms with van der Waals surface area (Å²) in [7, 11) is -3.89. The zero-order valence-corrected chi connectivity index (χ0v) is 15.8. The third-order valence-corrected chi connectivity index (χ3v) is 7.58. The summed E-state index contributed by atoms with van der Waals surface area (Å²) < 4.78 is 34.3. The number of anilines is 1. The number of para-hydroxylation sites is 1. The third-order valence-electron chi connectivity index (χ3n) is 4.40. The molecule has 0 N–H and O–H groups in total. The van der Waals surface area contributed by atoms with E-state index in [1.165, 1.54) is 4.31 Å². The lowest BCUT2D eigenvalue weighted by Gasteiger charge is -2.20. The molecule has 4 rings (SSSR count). The van der Waals surface area contributed by atoms with Gasteiger partial charge in [0.2, 0.25) is 0 Å². The van der Waals surface area contributed by atoms with Crippen LogP contribution in [0.3, 0.4) is 0 Å². The van der Waals surface area contributed by atoms with Crippen molar-refractivity contribution < 1.29 is 17.9 Å². The van der Waals surface area contributed by atoms with Crippen LogP contribution in [0.15, 0.2) is 53.4 Å². The van der Waals surface area contributed by atoms with Crippen LogP contribution in [-0.4, -0.2) is 27.5 Å². The van der Waals surface area contributed by atoms with E-state index in [2.05, 4.69) is 0 Å². The second-order valence-electron chi connectivity index (χ2n) is 5.93. The fourth-order valence-corrected chi connectivity index (χ4v) is 6.54. The summed E-state index contributed by atoms with van der Waals surface area (Å²) in [5, 5.41) is 0.560. The minimum Gasteiger partial charge on any atom is -0.462 e. The number of fused-ring (bicyclic) bond motifs is 2. The molecule has 1 aromatic heterocycles. The summed E-state index contributed by atoms with van der Waals surface area (Å²) >= 11 is 1.16. The van der Waals surface area contributed by atoms with Crippen molar-refractivity contribution in [3.05, 3.63) is 59.0 Å². The number of esters is 1. The van der Waals surface area contributed by atoms with E-state index in [9.17, 15) is 13.2 Å². The Kier molecular flexibility index (Phi) is 4.20. The SMILES string of the molecule is CCOC(=O)c1sc2ccccc2c1S(=O)(=O)N1CCc2ccccc21. The molecule has 0 saturated heterocycles. The summed E-state index contributed by atoms with van der Waals surface area (Å²) in [5.74, 6) is -0.597. The number of carbonyl (C=O) groups is 1. The zero-order chi connectivity index (χ0) is 18.3. The van der Waals surface area contributed by atoms with Crippen LogP contribution in [0.2, 0.25) is 0 Å². The van der Waals surface area contributed by atoms with Crippen LogP contribution in [0.25, 0.3) is 10.1 Å². The molecule has 0 radical (unpaired) electrons. The summed E-state index contributed by atoms with van der Waals surface area (Å²) in [5.41, 5.74) is 1.67. The number of nitrogens with zero attached hydrogens (tertiary/aromatic N) is 1. The Bertz CT molecular complexity index is 1100. The fourth-order valence-electron chi connectivity index (χ4n) is 3.28. The van der Waals surface area contributed by atoms with Gasteiger partial charge < -0.3 is 4.74 Å². The van der Waals surface area contributed by atoms with Crippen molar-refractivity contribution in [1.29, 1.82) is 0 Å². The molecule has 0 saturated carbocycles. The first-order chi connectivity index (χ1) is 12.5. The molecule has 5 nitrogen and oxygen atoms in total. The van der Waals surface area contributed by atoms with E-state index in [1.54, 1.807) is 25.1 Å². The molecule has 1 aliphatic heterocycles. The van der Waals surface area contributed by atoms with E-state index < -0.39 is 16.0 Å². The number of thiophene rings is 1. The third kappa shape index (κ3) is 2.59. The number of sulfonamides is 1. The summed E-state index contributed by atoms with van der Waals surface area (Å²) in [4.78, 5) is 12.6. The van der Waals surface area contributed by atoms with Gasteiger partial charge in [-0.1, -0.05) is 36.4 Å². The second-order valence-corrected chi connectivity index (χ2v) is 8.78. The molecule has 3 aromatic rings. The molecular formula is C19H17NO4S2. The molecule has 26 heavy (non-hydrogen) atoms. The monoisotopic (exact) mass is 387 g/mol. The molecule has 0 unspecified atom stereocenters. The highest BCUT2D eigenvalue weighted by Gasteiger charge is 2.36. The molecule has 2 heterocycles. The predicted octanol–water partition coefficient (Wildman–Crippen LogP) is 3.83. The van der Waals surface area contributed by atoms with E-state index in [1.807, 2.05) is 30.3 Å². The average molecular weight is 387 g/mol. The summed E-state index contributed by atoms with van der Waals surface area (Å²) in [6.07, 6.45) is 0.659. The normalized spacial score (nSPS) is 13.8. The molecule has 1 aliphatic rings. The molecule has 0 bridgehead atoms. The standard InChI is InChI=1S/C19H17NO4S2/c1-2-24-19(21)17-18(14-8-4-6-10-16(14)25-17)26(22,23)20-12-11-13-7-3-5-9-15(13)20/h3-10H,2,11-12H2,1H3. The summed E-state index contributed by atoms with van der Waals surface area (Å²) in [6, 6.07) is 14.6. The van der Waals surface area contributed by atoms with Crippen molar-refractivity contribution in [3.8, 4) is 0 Å². The number of rotatable bonds is 4. The Morgan fingerprint density at radius 1 is 1.15 bits per heavy atom. The van der Waals surface area contributed by atoms with Crippen molar-refractivity contribution in [1.82, 2.24) is 0 Å². The van der Waals surface area contributed by atoms with Gasteiger partial charge in [0, 0.05) is 16.6 Å². The van der Waals surface area contributed by atoms with Gasteiger partial charge in [0.15, 0.2) is 0 Å². The first-order valence-corrected chi connectivity index (χ1v) is 10.6. The topological polar surface area (TPSA) is 63.7 Å². The van der Waals surface area contributed by atoms with Crippen LogP contribution in [0, 0.1) is 0 Å². The second kappa shape index (κ2) is 6.41. The van der Waals surface area contributed by atoms with Gasteiger partial charge in [0.05, 0.1) is 12.3 Å². The Labute approximate surface area is 155 Å². The van der Waals surface area contributed by atoms with Crippen LogP contribution >= 0.6 is 11.3 Å². The smallest absolute Gasteiger partial charge is 0.349 e. The van der Waals surface area contributed by atoms with Gasteiger partial charge in [-0.3, -0.25) is 4.31 Å². The van der Waals surface area contributed by atoms with Crippen LogP contribution in [-0.2, 0) is 21.2 Å². The maximum Gasteiger partial charge on any atom is 0.349 e. The minimum atomic E-state index is -3.89. The maximum atomic E-state index is 13.5. The van der Waals surface area contributed by atoms with E-state index in [0.717, 1.165) is 21.6 Å². The average Bonchev–Trinajstić information content (AvgIpc) is 3.24. The zero-order valence-electron chi connectivity index (χ0n) is 14.1. The molecule has 0 fully saturated rings. The van der Waals surface area contributed by atoms with Gasteiger partial charge in [-0.15, -0.1) is 11.3 Å². The van der Waals surface area contributed by atoms with E-state index in [0.29, 0.717) is 24.0 Å². The quantitative estimate of drug-likeness (QED) is 0.638.